The Labute approximate surface area is 161 Å². The average Bonchev–Trinajstić information content (AvgIpc) is 3.33. The van der Waals surface area contributed by atoms with Crippen molar-refractivity contribution in [3.05, 3.63) is 83.2 Å². The first-order valence-corrected chi connectivity index (χ1v) is 8.88. The molecule has 1 aromatic heterocycles. The van der Waals surface area contributed by atoms with Crippen LogP contribution in [0.4, 0.5) is 0 Å². The van der Waals surface area contributed by atoms with Gasteiger partial charge >= 0.3 is 0 Å². The molecule has 7 nitrogen and oxygen atoms in total. The molecule has 1 N–H and O–H groups in total. The number of benzene rings is 2. The fourth-order valence-electron chi connectivity index (χ4n) is 3.16. The van der Waals surface area contributed by atoms with Gasteiger partial charge in [-0.25, -0.2) is 4.68 Å². The molecule has 1 aliphatic heterocycles. The second kappa shape index (κ2) is 7.11. The molecule has 2 aromatic carbocycles. The Hall–Kier alpha value is -3.74. The third-order valence-corrected chi connectivity index (χ3v) is 4.76. The molecule has 0 spiro atoms. The van der Waals surface area contributed by atoms with Gasteiger partial charge in [0.2, 0.25) is 0 Å². The molecule has 28 heavy (non-hydrogen) atoms. The van der Waals surface area contributed by atoms with Crippen molar-refractivity contribution in [2.24, 2.45) is 0 Å². The highest BCUT2D eigenvalue weighted by Gasteiger charge is 2.33. The Morgan fingerprint density at radius 3 is 2.50 bits per heavy atom. The van der Waals surface area contributed by atoms with E-state index in [0.717, 1.165) is 16.2 Å². The van der Waals surface area contributed by atoms with Crippen LogP contribution in [-0.4, -0.2) is 46.0 Å². The van der Waals surface area contributed by atoms with Gasteiger partial charge in [0.25, 0.3) is 17.7 Å². The van der Waals surface area contributed by atoms with E-state index in [1.807, 2.05) is 36.5 Å². The maximum Gasteiger partial charge on any atom is 0.261 e. The minimum atomic E-state index is -0.382. The molecule has 0 aliphatic carbocycles. The summed E-state index contributed by atoms with van der Waals surface area (Å²) in [5.41, 5.74) is 3.03. The highest BCUT2D eigenvalue weighted by molar-refractivity contribution is 6.21. The number of carbonyl (C=O) groups is 3. The SMILES string of the molecule is CN1C(=O)c2ccc(C(=O)NCCc3ccc(-n4cccn4)cc3)cc2C1=O. The molecule has 0 fully saturated rings. The van der Waals surface area contributed by atoms with Crippen LogP contribution in [0.5, 0.6) is 0 Å². The van der Waals surface area contributed by atoms with Crippen molar-refractivity contribution in [3.63, 3.8) is 0 Å². The Balaban J connectivity index is 1.36. The minimum Gasteiger partial charge on any atom is -0.352 e. The maximum absolute atomic E-state index is 12.4. The second-order valence-corrected chi connectivity index (χ2v) is 6.55. The van der Waals surface area contributed by atoms with Crippen molar-refractivity contribution >= 4 is 17.7 Å². The summed E-state index contributed by atoms with van der Waals surface area (Å²) in [6, 6.07) is 14.4. The van der Waals surface area contributed by atoms with E-state index < -0.39 is 0 Å². The van der Waals surface area contributed by atoms with Crippen LogP contribution in [-0.2, 0) is 6.42 Å². The van der Waals surface area contributed by atoms with Crippen LogP contribution in [0.1, 0.15) is 36.6 Å². The number of hydrogen-bond donors (Lipinski definition) is 1. The maximum atomic E-state index is 12.4. The zero-order valence-corrected chi connectivity index (χ0v) is 15.3. The Bertz CT molecular complexity index is 1060. The van der Waals surface area contributed by atoms with Crippen molar-refractivity contribution in [1.29, 1.82) is 0 Å². The molecule has 0 saturated heterocycles. The lowest BCUT2D eigenvalue weighted by Gasteiger charge is -2.07. The predicted molar refractivity (Wildman–Crippen MR) is 102 cm³/mol. The van der Waals surface area contributed by atoms with Crippen molar-refractivity contribution in [3.8, 4) is 5.69 Å². The van der Waals surface area contributed by atoms with Gasteiger partial charge in [0.1, 0.15) is 0 Å². The molecule has 140 valence electrons. The Morgan fingerprint density at radius 2 is 1.79 bits per heavy atom. The summed E-state index contributed by atoms with van der Waals surface area (Å²) in [6.07, 6.45) is 4.28. The molecular weight excluding hydrogens is 356 g/mol. The van der Waals surface area contributed by atoms with E-state index in [1.54, 1.807) is 16.9 Å². The number of imide groups is 1. The molecular formula is C21H18N4O3. The largest absolute Gasteiger partial charge is 0.352 e. The first kappa shape index (κ1) is 17.7. The molecule has 0 bridgehead atoms. The minimum absolute atomic E-state index is 0.272. The first-order chi connectivity index (χ1) is 13.5. The van der Waals surface area contributed by atoms with Crippen molar-refractivity contribution in [2.45, 2.75) is 6.42 Å². The molecule has 3 aromatic rings. The Morgan fingerprint density at radius 1 is 1.04 bits per heavy atom. The lowest BCUT2D eigenvalue weighted by atomic mass is 10.1. The van der Waals surface area contributed by atoms with E-state index in [4.69, 9.17) is 0 Å². The van der Waals surface area contributed by atoms with Gasteiger partial charge in [0.15, 0.2) is 0 Å². The molecule has 1 aliphatic rings. The normalized spacial score (nSPS) is 13.0. The molecule has 0 atom stereocenters. The molecule has 0 radical (unpaired) electrons. The number of amides is 3. The lowest BCUT2D eigenvalue weighted by molar-refractivity contribution is 0.0693. The highest BCUT2D eigenvalue weighted by Crippen LogP contribution is 2.22. The third kappa shape index (κ3) is 3.18. The summed E-state index contributed by atoms with van der Waals surface area (Å²) in [4.78, 5) is 37.4. The van der Waals surface area contributed by atoms with Gasteiger partial charge in [-0.3, -0.25) is 19.3 Å². The molecule has 7 heteroatoms. The van der Waals surface area contributed by atoms with Crippen molar-refractivity contribution < 1.29 is 14.4 Å². The van der Waals surface area contributed by atoms with Crippen LogP contribution in [0.3, 0.4) is 0 Å². The Kier molecular flexibility index (Phi) is 4.49. The number of carbonyl (C=O) groups excluding carboxylic acids is 3. The number of hydrogen-bond acceptors (Lipinski definition) is 4. The van der Waals surface area contributed by atoms with Crippen LogP contribution in [0, 0.1) is 0 Å². The first-order valence-electron chi connectivity index (χ1n) is 8.88. The summed E-state index contributed by atoms with van der Waals surface area (Å²) in [5, 5.41) is 7.04. The molecule has 4 rings (SSSR count). The van der Waals surface area contributed by atoms with E-state index >= 15 is 0 Å². The summed E-state index contributed by atoms with van der Waals surface area (Å²) in [6.45, 7) is 0.462. The van der Waals surface area contributed by atoms with Gasteiger partial charge < -0.3 is 5.32 Å². The van der Waals surface area contributed by atoms with Crippen LogP contribution < -0.4 is 5.32 Å². The van der Waals surface area contributed by atoms with Crippen LogP contribution in [0.2, 0.25) is 0 Å². The lowest BCUT2D eigenvalue weighted by Crippen LogP contribution is -2.26. The van der Waals surface area contributed by atoms with E-state index in [1.165, 1.54) is 19.2 Å². The summed E-state index contributed by atoms with van der Waals surface area (Å²) in [7, 11) is 1.43. The average molecular weight is 374 g/mol. The quantitative estimate of drug-likeness (QED) is 0.693. The zero-order chi connectivity index (χ0) is 19.7. The zero-order valence-electron chi connectivity index (χ0n) is 15.3. The van der Waals surface area contributed by atoms with E-state index in [0.29, 0.717) is 24.1 Å². The van der Waals surface area contributed by atoms with Gasteiger partial charge in [-0.2, -0.15) is 5.10 Å². The van der Waals surface area contributed by atoms with E-state index in [-0.39, 0.29) is 23.3 Å². The predicted octanol–water partition coefficient (Wildman–Crippen LogP) is 2.07. The fourth-order valence-corrected chi connectivity index (χ4v) is 3.16. The molecule has 3 amide bonds. The summed E-state index contributed by atoms with van der Waals surface area (Å²) >= 11 is 0. The number of aromatic nitrogens is 2. The summed E-state index contributed by atoms with van der Waals surface area (Å²) in [5.74, 6) is -0.997. The smallest absolute Gasteiger partial charge is 0.261 e. The van der Waals surface area contributed by atoms with Gasteiger partial charge in [-0.05, 0) is 48.4 Å². The number of rotatable bonds is 5. The monoisotopic (exact) mass is 374 g/mol. The van der Waals surface area contributed by atoms with Crippen molar-refractivity contribution in [1.82, 2.24) is 20.0 Å². The summed E-state index contributed by atoms with van der Waals surface area (Å²) < 4.78 is 1.78. The second-order valence-electron chi connectivity index (χ2n) is 6.55. The van der Waals surface area contributed by atoms with Crippen LogP contribution >= 0.6 is 0 Å². The van der Waals surface area contributed by atoms with Crippen molar-refractivity contribution in [2.75, 3.05) is 13.6 Å². The fraction of sp³-hybridized carbons (Fsp3) is 0.143. The van der Waals surface area contributed by atoms with Crippen LogP contribution in [0.25, 0.3) is 5.69 Å². The third-order valence-electron chi connectivity index (χ3n) is 4.76. The van der Waals surface area contributed by atoms with E-state index in [9.17, 15) is 14.4 Å². The molecule has 2 heterocycles. The highest BCUT2D eigenvalue weighted by atomic mass is 16.2. The number of nitrogens with zero attached hydrogens (tertiary/aromatic N) is 3. The van der Waals surface area contributed by atoms with Gasteiger partial charge in [0, 0.05) is 31.5 Å². The van der Waals surface area contributed by atoms with Gasteiger partial charge in [-0.15, -0.1) is 0 Å². The van der Waals surface area contributed by atoms with Gasteiger partial charge in [0.05, 0.1) is 16.8 Å². The van der Waals surface area contributed by atoms with E-state index in [2.05, 4.69) is 10.4 Å². The van der Waals surface area contributed by atoms with Gasteiger partial charge in [-0.1, -0.05) is 12.1 Å². The molecule has 0 unspecified atom stereocenters. The number of nitrogens with one attached hydrogen (secondary N) is 1. The number of fused-ring (bicyclic) bond motifs is 1. The van der Waals surface area contributed by atoms with Crippen LogP contribution in [0.15, 0.2) is 60.9 Å². The standard InChI is InChI=1S/C21H18N4O3/c1-24-20(27)17-8-5-15(13-18(17)21(24)28)19(26)22-11-9-14-3-6-16(7-4-14)25-12-2-10-23-25/h2-8,10,12-13H,9,11H2,1H3,(H,22,26). The topological polar surface area (TPSA) is 84.3 Å². The molecule has 0 saturated carbocycles.